The maximum atomic E-state index is 13.4. The summed E-state index contributed by atoms with van der Waals surface area (Å²) in [6.45, 7) is 10.9. The molecule has 0 radical (unpaired) electrons. The summed E-state index contributed by atoms with van der Waals surface area (Å²) < 4.78 is 0. The fraction of sp³-hybridized carbons (Fsp3) is 0.235. The molecule has 0 aliphatic heterocycles. The summed E-state index contributed by atoms with van der Waals surface area (Å²) >= 11 is 0. The molecule has 0 saturated carbocycles. The van der Waals surface area contributed by atoms with E-state index in [2.05, 4.69) is 81.7 Å². The number of carbonyl (C=O) groups is 2. The highest BCUT2D eigenvalue weighted by Gasteiger charge is 2.43. The van der Waals surface area contributed by atoms with Crippen LogP contribution in [0.15, 0.2) is 60.7 Å². The summed E-state index contributed by atoms with van der Waals surface area (Å²) in [5.74, 6) is -0.111. The van der Waals surface area contributed by atoms with Crippen molar-refractivity contribution in [2.45, 2.75) is 46.5 Å². The Balaban J connectivity index is 1.50. The Hall–Kier alpha value is -4.18. The van der Waals surface area contributed by atoms with Gasteiger partial charge >= 0.3 is 0 Å². The molecule has 3 aliphatic rings. The smallest absolute Gasteiger partial charge is 0.255 e. The number of hydrogen-bond acceptors (Lipinski definition) is 2. The van der Waals surface area contributed by atoms with Crippen molar-refractivity contribution in [3.8, 4) is 0 Å². The van der Waals surface area contributed by atoms with E-state index in [1.54, 1.807) is 31.3 Å². The molecule has 0 aromatic heterocycles. The summed E-state index contributed by atoms with van der Waals surface area (Å²) in [5.41, 5.74) is 16.3. The van der Waals surface area contributed by atoms with E-state index in [1.165, 1.54) is 50.1 Å². The van der Waals surface area contributed by atoms with Crippen molar-refractivity contribution >= 4 is 17.5 Å². The van der Waals surface area contributed by atoms with E-state index in [-0.39, 0.29) is 23.7 Å². The summed E-state index contributed by atoms with van der Waals surface area (Å²) in [6, 6.07) is 20.4. The average molecular weight is 501 g/mol. The van der Waals surface area contributed by atoms with E-state index in [0.29, 0.717) is 11.1 Å². The number of aryl methyl sites for hydroxylation is 2. The van der Waals surface area contributed by atoms with Crippen LogP contribution < -0.4 is 10.6 Å². The van der Waals surface area contributed by atoms with Crippen molar-refractivity contribution in [3.05, 3.63) is 133 Å². The van der Waals surface area contributed by atoms with Crippen LogP contribution in [0.2, 0.25) is 0 Å². The van der Waals surface area contributed by atoms with Crippen molar-refractivity contribution < 1.29 is 9.59 Å². The zero-order valence-electron chi connectivity index (χ0n) is 22.7. The molecule has 0 heterocycles. The molecule has 4 nitrogen and oxygen atoms in total. The lowest BCUT2D eigenvalue weighted by molar-refractivity contribution is 0.0963. The van der Waals surface area contributed by atoms with Gasteiger partial charge in [0, 0.05) is 35.7 Å². The lowest BCUT2D eigenvalue weighted by Gasteiger charge is -2.45. The van der Waals surface area contributed by atoms with E-state index >= 15 is 0 Å². The molecule has 2 atom stereocenters. The molecule has 2 N–H and O–H groups in total. The molecule has 38 heavy (non-hydrogen) atoms. The van der Waals surface area contributed by atoms with Gasteiger partial charge in [-0.05, 0) is 114 Å². The highest BCUT2D eigenvalue weighted by molar-refractivity contribution is 6.07. The Labute approximate surface area is 224 Å². The Bertz CT molecular complexity index is 1680. The molecular formula is C34H32N2O2. The van der Waals surface area contributed by atoms with E-state index in [0.717, 1.165) is 16.8 Å². The molecule has 7 rings (SSSR count). The molecular weight excluding hydrogens is 468 g/mol. The molecule has 0 spiro atoms. The fourth-order valence-corrected chi connectivity index (χ4v) is 6.73. The number of anilines is 1. The number of hydrogen-bond donors (Lipinski definition) is 2. The number of rotatable bonds is 3. The quantitative estimate of drug-likeness (QED) is 0.280. The third-order valence-electron chi connectivity index (χ3n) is 8.77. The van der Waals surface area contributed by atoms with Gasteiger partial charge in [-0.2, -0.15) is 0 Å². The second-order valence-corrected chi connectivity index (χ2v) is 10.8. The summed E-state index contributed by atoms with van der Waals surface area (Å²) in [4.78, 5) is 25.5. The topological polar surface area (TPSA) is 58.2 Å². The third kappa shape index (κ3) is 3.36. The largest absolute Gasteiger partial charge is 0.355 e. The zero-order valence-corrected chi connectivity index (χ0v) is 22.7. The Morgan fingerprint density at radius 2 is 1.18 bits per heavy atom. The van der Waals surface area contributed by atoms with E-state index < -0.39 is 0 Å². The van der Waals surface area contributed by atoms with Gasteiger partial charge in [0.25, 0.3) is 11.8 Å². The Morgan fingerprint density at radius 3 is 1.84 bits per heavy atom. The molecule has 2 unspecified atom stereocenters. The van der Waals surface area contributed by atoms with Crippen LogP contribution in [0.5, 0.6) is 0 Å². The Morgan fingerprint density at radius 1 is 0.605 bits per heavy atom. The van der Waals surface area contributed by atoms with Crippen LogP contribution in [0.25, 0.3) is 0 Å². The van der Waals surface area contributed by atoms with Crippen molar-refractivity contribution in [2.75, 3.05) is 12.4 Å². The fourth-order valence-electron chi connectivity index (χ4n) is 6.73. The molecule has 4 heteroatoms. The van der Waals surface area contributed by atoms with Crippen molar-refractivity contribution in [2.24, 2.45) is 0 Å². The number of benzene rings is 4. The summed E-state index contributed by atoms with van der Waals surface area (Å²) in [5, 5.41) is 5.82. The standard InChI is InChI=1S/C34H32N2O2/c1-17-14-26-28(20(4)19(17)3)31-25-13-8-7-12-24(25)30(26)27-15-18(2)32(21(5)29(27)31)36-34(38)23-11-9-10-22(16-23)33(37)35-6/h7-16,30-31H,1-6H3,(H,35,37)(H,36,38). The van der Waals surface area contributed by atoms with E-state index in [4.69, 9.17) is 0 Å². The highest BCUT2D eigenvalue weighted by atomic mass is 16.2. The monoisotopic (exact) mass is 500 g/mol. The maximum absolute atomic E-state index is 13.4. The summed E-state index contributed by atoms with van der Waals surface area (Å²) in [6.07, 6.45) is 0. The van der Waals surface area contributed by atoms with Crippen LogP contribution in [-0.4, -0.2) is 18.9 Å². The van der Waals surface area contributed by atoms with Gasteiger partial charge in [0.05, 0.1) is 0 Å². The molecule has 0 saturated heterocycles. The minimum Gasteiger partial charge on any atom is -0.355 e. The predicted octanol–water partition coefficient (Wildman–Crippen LogP) is 6.83. The lowest BCUT2D eigenvalue weighted by atomic mass is 9.58. The second-order valence-electron chi connectivity index (χ2n) is 10.8. The second kappa shape index (κ2) is 8.70. The van der Waals surface area contributed by atoms with Crippen LogP contribution >= 0.6 is 0 Å². The molecule has 190 valence electrons. The van der Waals surface area contributed by atoms with E-state index in [1.807, 2.05) is 0 Å². The van der Waals surface area contributed by atoms with Crippen molar-refractivity contribution in [1.82, 2.24) is 5.32 Å². The van der Waals surface area contributed by atoms with Gasteiger partial charge in [0.15, 0.2) is 0 Å². The SMILES string of the molecule is CNC(=O)c1cccc(C(=O)Nc2c(C)cc3c(c2C)C2c4ccccc4C3c3cc(C)c(C)c(C)c32)c1. The van der Waals surface area contributed by atoms with Gasteiger partial charge in [-0.25, -0.2) is 0 Å². The normalized spacial score (nSPS) is 16.4. The number of amides is 2. The van der Waals surface area contributed by atoms with Gasteiger partial charge in [-0.1, -0.05) is 42.5 Å². The molecule has 4 aromatic carbocycles. The maximum Gasteiger partial charge on any atom is 0.255 e. The van der Waals surface area contributed by atoms with Crippen LogP contribution in [0, 0.1) is 34.6 Å². The van der Waals surface area contributed by atoms with Crippen LogP contribution in [0.4, 0.5) is 5.69 Å². The first kappa shape index (κ1) is 24.2. The van der Waals surface area contributed by atoms with Gasteiger partial charge in [0.1, 0.15) is 0 Å². The molecule has 4 aromatic rings. The first-order valence-electron chi connectivity index (χ1n) is 13.2. The number of carbonyl (C=O) groups excluding carboxylic acids is 2. The van der Waals surface area contributed by atoms with E-state index in [9.17, 15) is 9.59 Å². The molecule has 2 amide bonds. The van der Waals surface area contributed by atoms with Gasteiger partial charge < -0.3 is 10.6 Å². The first-order chi connectivity index (χ1) is 18.2. The minimum absolute atomic E-state index is 0.133. The zero-order chi connectivity index (χ0) is 26.9. The van der Waals surface area contributed by atoms with Gasteiger partial charge in [-0.3, -0.25) is 9.59 Å². The van der Waals surface area contributed by atoms with Crippen molar-refractivity contribution in [1.29, 1.82) is 0 Å². The van der Waals surface area contributed by atoms with Crippen LogP contribution in [0.1, 0.15) is 93.7 Å². The molecule has 0 fully saturated rings. The highest BCUT2D eigenvalue weighted by Crippen LogP contribution is 2.58. The van der Waals surface area contributed by atoms with Crippen LogP contribution in [0.3, 0.4) is 0 Å². The lowest BCUT2D eigenvalue weighted by Crippen LogP contribution is -2.30. The third-order valence-corrected chi connectivity index (χ3v) is 8.77. The average Bonchev–Trinajstić information content (AvgIpc) is 2.93. The van der Waals surface area contributed by atoms with Gasteiger partial charge in [0.2, 0.25) is 0 Å². The van der Waals surface area contributed by atoms with Gasteiger partial charge in [-0.15, -0.1) is 0 Å². The predicted molar refractivity (Wildman–Crippen MR) is 153 cm³/mol. The van der Waals surface area contributed by atoms with Crippen LogP contribution in [-0.2, 0) is 0 Å². The minimum atomic E-state index is -0.216. The first-order valence-corrected chi connectivity index (χ1v) is 13.2. The molecule has 3 aliphatic carbocycles. The Kier molecular flexibility index (Phi) is 5.53. The summed E-state index contributed by atoms with van der Waals surface area (Å²) in [7, 11) is 1.59. The number of nitrogens with one attached hydrogen (secondary N) is 2. The van der Waals surface area contributed by atoms with Crippen molar-refractivity contribution in [3.63, 3.8) is 0 Å². The molecule has 2 bridgehead atoms.